The summed E-state index contributed by atoms with van der Waals surface area (Å²) in [4.78, 5) is 42.2. The first-order valence-corrected chi connectivity index (χ1v) is 10.0. The number of nitrogens with zero attached hydrogens (tertiary/aromatic N) is 2. The van der Waals surface area contributed by atoms with E-state index in [4.69, 9.17) is 10.5 Å². The third-order valence-electron chi connectivity index (χ3n) is 4.10. The molecule has 2 aromatic rings. The van der Waals surface area contributed by atoms with Gasteiger partial charge in [0.2, 0.25) is 11.8 Å². The highest BCUT2D eigenvalue weighted by Gasteiger charge is 2.23. The summed E-state index contributed by atoms with van der Waals surface area (Å²) in [7, 11) is 1.57. The van der Waals surface area contributed by atoms with E-state index in [9.17, 15) is 14.4 Å². The molecule has 3 rings (SSSR count). The van der Waals surface area contributed by atoms with Crippen LogP contribution in [0.1, 0.15) is 16.9 Å². The molecule has 2 heterocycles. The molecule has 2 amide bonds. The summed E-state index contributed by atoms with van der Waals surface area (Å²) in [6, 6.07) is 0. The number of hydrogen-bond acceptors (Lipinski definition) is 7. The molecule has 26 heavy (non-hydrogen) atoms. The molecule has 0 atom stereocenters. The summed E-state index contributed by atoms with van der Waals surface area (Å²) in [6.45, 7) is 0.537. The first-order valence-electron chi connectivity index (χ1n) is 8.23. The monoisotopic (exact) mass is 396 g/mol. The van der Waals surface area contributed by atoms with Crippen LogP contribution in [0.4, 0.5) is 0 Å². The molecule has 0 radical (unpaired) electrons. The molecular formula is C16H20N4O4S2. The van der Waals surface area contributed by atoms with Gasteiger partial charge in [-0.1, -0.05) is 11.8 Å². The van der Waals surface area contributed by atoms with Gasteiger partial charge in [0.15, 0.2) is 5.16 Å². The van der Waals surface area contributed by atoms with Crippen molar-refractivity contribution in [3.05, 3.63) is 20.8 Å². The van der Waals surface area contributed by atoms with Crippen LogP contribution in [0.2, 0.25) is 0 Å². The van der Waals surface area contributed by atoms with E-state index in [1.807, 2.05) is 0 Å². The van der Waals surface area contributed by atoms with E-state index in [0.717, 1.165) is 29.7 Å². The molecule has 0 bridgehead atoms. The Balaban J connectivity index is 1.89. The Morgan fingerprint density at radius 3 is 2.96 bits per heavy atom. The summed E-state index contributed by atoms with van der Waals surface area (Å²) < 4.78 is 6.68. The van der Waals surface area contributed by atoms with E-state index in [1.54, 1.807) is 23.0 Å². The lowest BCUT2D eigenvalue weighted by atomic mass is 10.2. The molecule has 1 aliphatic carbocycles. The number of primary amides is 1. The number of methoxy groups -OCH3 is 1. The summed E-state index contributed by atoms with van der Waals surface area (Å²) >= 11 is 2.73. The molecule has 3 N–H and O–H groups in total. The maximum absolute atomic E-state index is 13.0. The molecule has 0 aliphatic heterocycles. The van der Waals surface area contributed by atoms with E-state index < -0.39 is 5.91 Å². The van der Waals surface area contributed by atoms with Crippen LogP contribution in [0.15, 0.2) is 9.95 Å². The van der Waals surface area contributed by atoms with Crippen molar-refractivity contribution in [1.29, 1.82) is 0 Å². The van der Waals surface area contributed by atoms with Crippen molar-refractivity contribution in [3.8, 4) is 0 Å². The lowest BCUT2D eigenvalue weighted by Gasteiger charge is -2.12. The largest absolute Gasteiger partial charge is 0.383 e. The second-order valence-electron chi connectivity index (χ2n) is 5.91. The Labute approximate surface area is 158 Å². The summed E-state index contributed by atoms with van der Waals surface area (Å²) in [6.07, 6.45) is 2.98. The maximum Gasteiger partial charge on any atom is 0.263 e. The van der Waals surface area contributed by atoms with Gasteiger partial charge in [0.05, 0.1) is 30.8 Å². The molecule has 140 valence electrons. The Kier molecular flexibility index (Phi) is 5.94. The van der Waals surface area contributed by atoms with Gasteiger partial charge in [-0.25, -0.2) is 4.98 Å². The standard InChI is InChI=1S/C16H20N4O4S2/c1-24-6-5-20-15(23)13-9-3-2-4-10(9)26-14(13)19-16(20)25-8-12(22)18-7-11(17)21/h2-8H2,1H3,(H2,17,21)(H,18,22). The topological polar surface area (TPSA) is 116 Å². The van der Waals surface area contributed by atoms with Crippen LogP contribution in [-0.4, -0.2) is 47.4 Å². The second-order valence-corrected chi connectivity index (χ2v) is 7.94. The highest BCUT2D eigenvalue weighted by molar-refractivity contribution is 7.99. The zero-order valence-corrected chi connectivity index (χ0v) is 16.0. The molecule has 0 fully saturated rings. The lowest BCUT2D eigenvalue weighted by molar-refractivity contribution is -0.123. The van der Waals surface area contributed by atoms with Crippen molar-refractivity contribution in [2.24, 2.45) is 5.73 Å². The zero-order chi connectivity index (χ0) is 18.7. The number of fused-ring (bicyclic) bond motifs is 3. The van der Waals surface area contributed by atoms with Gasteiger partial charge in [0, 0.05) is 12.0 Å². The summed E-state index contributed by atoms with van der Waals surface area (Å²) in [5.41, 5.74) is 6.07. The Morgan fingerprint density at radius 1 is 1.42 bits per heavy atom. The van der Waals surface area contributed by atoms with Gasteiger partial charge < -0.3 is 15.8 Å². The number of carbonyl (C=O) groups is 2. The molecule has 10 heteroatoms. The first kappa shape index (κ1) is 18.9. The number of ether oxygens (including phenoxy) is 1. The van der Waals surface area contributed by atoms with Gasteiger partial charge >= 0.3 is 0 Å². The van der Waals surface area contributed by atoms with Gasteiger partial charge in [0.25, 0.3) is 5.56 Å². The zero-order valence-electron chi connectivity index (χ0n) is 14.4. The molecular weight excluding hydrogens is 376 g/mol. The first-order chi connectivity index (χ1) is 12.5. The van der Waals surface area contributed by atoms with E-state index in [0.29, 0.717) is 23.7 Å². The minimum atomic E-state index is -0.604. The Hall–Kier alpha value is -1.91. The number of aryl methyl sites for hydroxylation is 2. The van der Waals surface area contributed by atoms with Crippen LogP contribution in [0.5, 0.6) is 0 Å². The van der Waals surface area contributed by atoms with Crippen molar-refractivity contribution in [2.45, 2.75) is 31.0 Å². The number of thiophene rings is 1. The van der Waals surface area contributed by atoms with Gasteiger partial charge in [-0.05, 0) is 24.8 Å². The average Bonchev–Trinajstić information content (AvgIpc) is 3.18. The van der Waals surface area contributed by atoms with E-state index >= 15 is 0 Å². The van der Waals surface area contributed by atoms with Crippen molar-refractivity contribution < 1.29 is 14.3 Å². The van der Waals surface area contributed by atoms with Crippen LogP contribution in [0.25, 0.3) is 10.2 Å². The molecule has 2 aromatic heterocycles. The molecule has 8 nitrogen and oxygen atoms in total. The van der Waals surface area contributed by atoms with Crippen LogP contribution >= 0.6 is 23.1 Å². The highest BCUT2D eigenvalue weighted by Crippen LogP contribution is 2.35. The molecule has 0 unspecified atom stereocenters. The number of amides is 2. The number of nitrogens with two attached hydrogens (primary N) is 1. The third-order valence-corrected chi connectivity index (χ3v) is 6.26. The predicted molar refractivity (Wildman–Crippen MR) is 101 cm³/mol. The summed E-state index contributed by atoms with van der Waals surface area (Å²) in [5.74, 6) is -0.897. The van der Waals surface area contributed by atoms with Crippen LogP contribution < -0.4 is 16.6 Å². The van der Waals surface area contributed by atoms with Crippen LogP contribution in [0.3, 0.4) is 0 Å². The van der Waals surface area contributed by atoms with Gasteiger partial charge in [-0.15, -0.1) is 11.3 Å². The number of rotatable bonds is 8. The van der Waals surface area contributed by atoms with Crippen LogP contribution in [-0.2, 0) is 33.7 Å². The molecule has 1 aliphatic rings. The van der Waals surface area contributed by atoms with Crippen molar-refractivity contribution in [1.82, 2.24) is 14.9 Å². The predicted octanol–water partition coefficient (Wildman–Crippen LogP) is 0.287. The molecule has 0 aromatic carbocycles. The second kappa shape index (κ2) is 8.19. The fourth-order valence-corrected chi connectivity index (χ4v) is 5.07. The van der Waals surface area contributed by atoms with Crippen molar-refractivity contribution >= 4 is 45.1 Å². The quantitative estimate of drug-likeness (QED) is 0.489. The Morgan fingerprint density at radius 2 is 2.23 bits per heavy atom. The maximum atomic E-state index is 13.0. The average molecular weight is 396 g/mol. The van der Waals surface area contributed by atoms with E-state index in [-0.39, 0.29) is 23.8 Å². The SMILES string of the molecule is COCCn1c(SCC(=O)NCC(N)=O)nc2sc3c(c2c1=O)CCC3. The number of carbonyl (C=O) groups excluding carboxylic acids is 2. The minimum Gasteiger partial charge on any atom is -0.383 e. The lowest BCUT2D eigenvalue weighted by Crippen LogP contribution is -2.34. The number of nitrogens with one attached hydrogen (secondary N) is 1. The molecule has 0 saturated carbocycles. The fraction of sp³-hybridized carbons (Fsp3) is 0.500. The van der Waals surface area contributed by atoms with Gasteiger partial charge in [-0.3, -0.25) is 19.0 Å². The van der Waals surface area contributed by atoms with Crippen molar-refractivity contribution in [3.63, 3.8) is 0 Å². The van der Waals surface area contributed by atoms with E-state index in [2.05, 4.69) is 10.3 Å². The minimum absolute atomic E-state index is 0.0449. The van der Waals surface area contributed by atoms with Crippen molar-refractivity contribution in [2.75, 3.05) is 26.0 Å². The molecule has 0 spiro atoms. The third kappa shape index (κ3) is 3.92. The molecule has 0 saturated heterocycles. The van der Waals surface area contributed by atoms with Gasteiger partial charge in [-0.2, -0.15) is 0 Å². The number of aromatic nitrogens is 2. The van der Waals surface area contributed by atoms with E-state index in [1.165, 1.54) is 16.6 Å². The number of thioether (sulfide) groups is 1. The number of hydrogen-bond donors (Lipinski definition) is 2. The van der Waals surface area contributed by atoms with Gasteiger partial charge in [0.1, 0.15) is 4.83 Å². The van der Waals surface area contributed by atoms with Crippen LogP contribution in [0, 0.1) is 0 Å². The Bertz CT molecular complexity index is 906. The smallest absolute Gasteiger partial charge is 0.263 e. The summed E-state index contributed by atoms with van der Waals surface area (Å²) in [5, 5.41) is 3.62. The fourth-order valence-electron chi connectivity index (χ4n) is 2.92. The normalized spacial score (nSPS) is 13.1. The highest BCUT2D eigenvalue weighted by atomic mass is 32.2.